The molecule has 0 aliphatic heterocycles. The third-order valence-electron chi connectivity index (χ3n) is 3.60. The van der Waals surface area contributed by atoms with Gasteiger partial charge in [-0.2, -0.15) is 0 Å². The van der Waals surface area contributed by atoms with E-state index in [9.17, 15) is 4.79 Å². The van der Waals surface area contributed by atoms with Crippen LogP contribution in [-0.2, 0) is 14.3 Å². The maximum absolute atomic E-state index is 12.1. The van der Waals surface area contributed by atoms with Crippen LogP contribution in [0.2, 0.25) is 0 Å². The first-order valence-electron chi connectivity index (χ1n) is 8.62. The van der Waals surface area contributed by atoms with E-state index in [4.69, 9.17) is 19.9 Å². The molecule has 0 saturated carbocycles. The molecule has 0 spiro atoms. The summed E-state index contributed by atoms with van der Waals surface area (Å²) in [5.41, 5.74) is 4.78. The number of para-hydroxylation sites is 1. The Hall–Kier alpha value is -1.59. The van der Waals surface area contributed by atoms with Gasteiger partial charge >= 0.3 is 5.97 Å². The van der Waals surface area contributed by atoms with Crippen molar-refractivity contribution in [2.75, 3.05) is 6.61 Å². The highest BCUT2D eigenvalue weighted by Crippen LogP contribution is 2.21. The van der Waals surface area contributed by atoms with E-state index >= 15 is 0 Å². The van der Waals surface area contributed by atoms with Gasteiger partial charge in [0, 0.05) is 6.61 Å². The Balaban J connectivity index is 2.91. The summed E-state index contributed by atoms with van der Waals surface area (Å²) in [6.07, 6.45) is 0.607. The van der Waals surface area contributed by atoms with Gasteiger partial charge in [0.25, 0.3) is 0 Å². The van der Waals surface area contributed by atoms with E-state index in [0.29, 0.717) is 6.61 Å². The first-order chi connectivity index (χ1) is 11.3. The second-order valence-electron chi connectivity index (χ2n) is 6.55. The maximum atomic E-state index is 12.1. The lowest BCUT2D eigenvalue weighted by Crippen LogP contribution is -2.49. The van der Waals surface area contributed by atoms with Crippen molar-refractivity contribution in [3.05, 3.63) is 30.3 Å². The number of benzene rings is 1. The minimum atomic E-state index is -1.04. The molecule has 0 heterocycles. The lowest BCUT2D eigenvalue weighted by Gasteiger charge is -2.32. The van der Waals surface area contributed by atoms with Gasteiger partial charge in [-0.15, -0.1) is 0 Å². The lowest BCUT2D eigenvalue weighted by molar-refractivity contribution is -0.163. The van der Waals surface area contributed by atoms with Crippen LogP contribution in [0.25, 0.3) is 0 Å². The van der Waals surface area contributed by atoms with Crippen LogP contribution >= 0.6 is 0 Å². The normalized spacial score (nSPS) is 15.4. The van der Waals surface area contributed by atoms with Crippen molar-refractivity contribution < 1.29 is 19.0 Å². The predicted octanol–water partition coefficient (Wildman–Crippen LogP) is 3.31. The van der Waals surface area contributed by atoms with Gasteiger partial charge in [0.2, 0.25) is 0 Å². The predicted molar refractivity (Wildman–Crippen MR) is 95.0 cm³/mol. The molecule has 0 amide bonds. The summed E-state index contributed by atoms with van der Waals surface area (Å²) < 4.78 is 17.6. The number of carbonyl (C=O) groups excluding carboxylic acids is 1. The van der Waals surface area contributed by atoms with Crippen LogP contribution in [0.1, 0.15) is 47.5 Å². The summed E-state index contributed by atoms with van der Waals surface area (Å²) in [5, 5.41) is 0. The number of nitrogens with two attached hydrogens (primary N) is 1. The van der Waals surface area contributed by atoms with Crippen LogP contribution in [0, 0.1) is 0 Å². The molecule has 0 aliphatic carbocycles. The first kappa shape index (κ1) is 20.5. The molecule has 136 valence electrons. The molecule has 3 atom stereocenters. The maximum Gasteiger partial charge on any atom is 0.325 e. The van der Waals surface area contributed by atoms with Crippen molar-refractivity contribution in [3.63, 3.8) is 0 Å². The SMILES string of the molecule is CCCO[C@@H](CC)[C@@H](Oc1ccccc1)[C@H](C)OC(=O)C(C)(C)N. The molecule has 5 heteroatoms. The van der Waals surface area contributed by atoms with Crippen LogP contribution in [0.15, 0.2) is 30.3 Å². The Morgan fingerprint density at radius 3 is 2.33 bits per heavy atom. The molecule has 1 rings (SSSR count). The number of rotatable bonds is 10. The van der Waals surface area contributed by atoms with E-state index in [1.165, 1.54) is 0 Å². The van der Waals surface area contributed by atoms with Crippen molar-refractivity contribution in [2.24, 2.45) is 5.73 Å². The second-order valence-corrected chi connectivity index (χ2v) is 6.55. The molecule has 1 aromatic carbocycles. The highest BCUT2D eigenvalue weighted by Gasteiger charge is 2.34. The third kappa shape index (κ3) is 6.49. The number of hydrogen-bond donors (Lipinski definition) is 1. The van der Waals surface area contributed by atoms with Gasteiger partial charge < -0.3 is 19.9 Å². The number of esters is 1. The van der Waals surface area contributed by atoms with E-state index in [-0.39, 0.29) is 6.10 Å². The van der Waals surface area contributed by atoms with E-state index < -0.39 is 23.7 Å². The third-order valence-corrected chi connectivity index (χ3v) is 3.60. The van der Waals surface area contributed by atoms with Crippen molar-refractivity contribution in [1.29, 1.82) is 0 Å². The van der Waals surface area contributed by atoms with E-state index in [1.807, 2.05) is 44.2 Å². The van der Waals surface area contributed by atoms with E-state index in [1.54, 1.807) is 13.8 Å². The summed E-state index contributed by atoms with van der Waals surface area (Å²) in [6, 6.07) is 9.48. The molecular formula is C19H31NO4. The van der Waals surface area contributed by atoms with Crippen LogP contribution < -0.4 is 10.5 Å². The van der Waals surface area contributed by atoms with Crippen molar-refractivity contribution in [1.82, 2.24) is 0 Å². The highest BCUT2D eigenvalue weighted by atomic mass is 16.6. The van der Waals surface area contributed by atoms with Crippen molar-refractivity contribution in [2.45, 2.75) is 71.3 Å². The number of hydrogen-bond acceptors (Lipinski definition) is 5. The summed E-state index contributed by atoms with van der Waals surface area (Å²) in [7, 11) is 0. The zero-order valence-corrected chi connectivity index (χ0v) is 15.5. The van der Waals surface area contributed by atoms with Crippen LogP contribution in [-0.4, -0.2) is 36.4 Å². The smallest absolute Gasteiger partial charge is 0.325 e. The Morgan fingerprint density at radius 2 is 1.83 bits per heavy atom. The minimum absolute atomic E-state index is 0.172. The van der Waals surface area contributed by atoms with E-state index in [2.05, 4.69) is 6.92 Å². The topological polar surface area (TPSA) is 70.8 Å². The van der Waals surface area contributed by atoms with Gasteiger partial charge in [-0.25, -0.2) is 0 Å². The summed E-state index contributed by atoms with van der Waals surface area (Å²) >= 11 is 0. The standard InChI is InChI=1S/C19H31NO4/c1-6-13-22-16(7-2)17(24-15-11-9-8-10-12-15)14(3)23-18(21)19(4,5)20/h8-12,14,16-17H,6-7,13,20H2,1-5H3/t14-,16-,17-/m0/s1. The van der Waals surface area contributed by atoms with Gasteiger partial charge in [0.15, 0.2) is 6.10 Å². The van der Waals surface area contributed by atoms with Crippen LogP contribution in [0.4, 0.5) is 0 Å². The van der Waals surface area contributed by atoms with Gasteiger partial charge in [0.1, 0.15) is 17.4 Å². The number of ether oxygens (including phenoxy) is 3. The fraction of sp³-hybridized carbons (Fsp3) is 0.632. The molecule has 0 aromatic heterocycles. The van der Waals surface area contributed by atoms with Crippen molar-refractivity contribution in [3.8, 4) is 5.75 Å². The average molecular weight is 337 g/mol. The molecule has 0 radical (unpaired) electrons. The second kappa shape index (κ2) is 9.64. The van der Waals surface area contributed by atoms with Gasteiger partial charge in [-0.1, -0.05) is 32.0 Å². The molecular weight excluding hydrogens is 306 g/mol. The largest absolute Gasteiger partial charge is 0.484 e. The Morgan fingerprint density at radius 1 is 1.21 bits per heavy atom. The van der Waals surface area contributed by atoms with Crippen LogP contribution in [0.5, 0.6) is 5.75 Å². The summed E-state index contributed by atoms with van der Waals surface area (Å²) in [4.78, 5) is 12.1. The zero-order chi connectivity index (χ0) is 18.2. The van der Waals surface area contributed by atoms with Gasteiger partial charge in [-0.05, 0) is 45.7 Å². The monoisotopic (exact) mass is 337 g/mol. The molecule has 0 aliphatic rings. The van der Waals surface area contributed by atoms with Gasteiger partial charge in [-0.3, -0.25) is 4.79 Å². The summed E-state index contributed by atoms with van der Waals surface area (Å²) in [5.74, 6) is 0.262. The molecule has 0 saturated heterocycles. The molecule has 24 heavy (non-hydrogen) atoms. The quantitative estimate of drug-likeness (QED) is 0.663. The molecule has 5 nitrogen and oxygen atoms in total. The zero-order valence-electron chi connectivity index (χ0n) is 15.5. The Labute approximate surface area is 145 Å². The molecule has 0 unspecified atom stereocenters. The average Bonchev–Trinajstić information content (AvgIpc) is 2.54. The number of carbonyl (C=O) groups is 1. The Bertz CT molecular complexity index is 484. The molecule has 0 bridgehead atoms. The van der Waals surface area contributed by atoms with Gasteiger partial charge in [0.05, 0.1) is 6.10 Å². The minimum Gasteiger partial charge on any atom is -0.484 e. The molecule has 0 fully saturated rings. The lowest BCUT2D eigenvalue weighted by atomic mass is 10.0. The Kier molecular flexibility index (Phi) is 8.22. The summed E-state index contributed by atoms with van der Waals surface area (Å²) in [6.45, 7) is 9.79. The molecule has 1 aromatic rings. The first-order valence-corrected chi connectivity index (χ1v) is 8.62. The van der Waals surface area contributed by atoms with E-state index in [0.717, 1.165) is 18.6 Å². The highest BCUT2D eigenvalue weighted by molar-refractivity contribution is 5.79. The fourth-order valence-corrected chi connectivity index (χ4v) is 2.23. The molecule has 2 N–H and O–H groups in total. The fourth-order valence-electron chi connectivity index (χ4n) is 2.23. The van der Waals surface area contributed by atoms with Crippen LogP contribution in [0.3, 0.4) is 0 Å². The van der Waals surface area contributed by atoms with Crippen molar-refractivity contribution >= 4 is 5.97 Å².